The van der Waals surface area contributed by atoms with E-state index in [9.17, 15) is 9.50 Å². The lowest BCUT2D eigenvalue weighted by Crippen LogP contribution is -2.27. The number of aliphatic hydroxyl groups excluding tert-OH is 1. The number of nitrogens with zero attached hydrogens (tertiary/aromatic N) is 1. The Morgan fingerprint density at radius 2 is 1.62 bits per heavy atom. The van der Waals surface area contributed by atoms with Gasteiger partial charge in [-0.3, -0.25) is 0 Å². The number of rotatable bonds is 2. The molecule has 1 aliphatic rings. The van der Waals surface area contributed by atoms with Gasteiger partial charge in [0.25, 0.3) is 0 Å². The number of halogens is 1. The van der Waals surface area contributed by atoms with Crippen LogP contribution in [0.3, 0.4) is 0 Å². The molecule has 2 aromatic rings. The summed E-state index contributed by atoms with van der Waals surface area (Å²) >= 11 is 0. The third kappa shape index (κ3) is 2.79. The molecular weight excluding hydrogens is 265 g/mol. The Balaban J connectivity index is 1.92. The molecule has 0 aliphatic carbocycles. The van der Waals surface area contributed by atoms with E-state index in [1.807, 2.05) is 6.07 Å². The molecule has 1 atom stereocenters. The molecule has 0 amide bonds. The SMILES string of the molecule is CC(O)c1c(F)cccc1N1CCc2ccccc2CC1. The number of hydrogen-bond donors (Lipinski definition) is 1. The van der Waals surface area contributed by atoms with Crippen LogP contribution in [0, 0.1) is 5.82 Å². The van der Waals surface area contributed by atoms with Gasteiger partial charge in [-0.05, 0) is 43.0 Å². The van der Waals surface area contributed by atoms with Crippen LogP contribution in [0.15, 0.2) is 42.5 Å². The summed E-state index contributed by atoms with van der Waals surface area (Å²) in [6.07, 6.45) is 1.10. The summed E-state index contributed by atoms with van der Waals surface area (Å²) in [6, 6.07) is 13.5. The van der Waals surface area contributed by atoms with Gasteiger partial charge >= 0.3 is 0 Å². The first-order valence-electron chi connectivity index (χ1n) is 7.45. The molecule has 0 spiro atoms. The van der Waals surface area contributed by atoms with Gasteiger partial charge in [-0.2, -0.15) is 0 Å². The van der Waals surface area contributed by atoms with E-state index < -0.39 is 6.10 Å². The van der Waals surface area contributed by atoms with Gasteiger partial charge in [-0.25, -0.2) is 4.39 Å². The highest BCUT2D eigenvalue weighted by molar-refractivity contribution is 5.56. The minimum absolute atomic E-state index is 0.329. The van der Waals surface area contributed by atoms with Crippen LogP contribution >= 0.6 is 0 Å². The van der Waals surface area contributed by atoms with Gasteiger partial charge in [0.2, 0.25) is 0 Å². The fourth-order valence-corrected chi connectivity index (χ4v) is 3.12. The molecule has 21 heavy (non-hydrogen) atoms. The van der Waals surface area contributed by atoms with E-state index in [1.165, 1.54) is 17.2 Å². The first kappa shape index (κ1) is 14.1. The van der Waals surface area contributed by atoms with Crippen molar-refractivity contribution < 1.29 is 9.50 Å². The van der Waals surface area contributed by atoms with E-state index in [0.717, 1.165) is 31.6 Å². The highest BCUT2D eigenvalue weighted by atomic mass is 19.1. The Kier molecular flexibility index (Phi) is 3.93. The summed E-state index contributed by atoms with van der Waals surface area (Å²) in [7, 11) is 0. The van der Waals surface area contributed by atoms with Gasteiger partial charge in [0, 0.05) is 24.3 Å². The summed E-state index contributed by atoms with van der Waals surface area (Å²) in [6.45, 7) is 3.31. The van der Waals surface area contributed by atoms with Gasteiger partial charge in [0.05, 0.1) is 6.10 Å². The molecule has 0 fully saturated rings. The molecule has 0 saturated heterocycles. The first-order valence-corrected chi connectivity index (χ1v) is 7.45. The van der Waals surface area contributed by atoms with E-state index in [2.05, 4.69) is 29.2 Å². The second kappa shape index (κ2) is 5.86. The van der Waals surface area contributed by atoms with Gasteiger partial charge in [0.15, 0.2) is 0 Å². The zero-order valence-corrected chi connectivity index (χ0v) is 12.2. The van der Waals surface area contributed by atoms with Crippen molar-refractivity contribution in [3.8, 4) is 0 Å². The number of fused-ring (bicyclic) bond motifs is 1. The van der Waals surface area contributed by atoms with Crippen molar-refractivity contribution in [2.45, 2.75) is 25.9 Å². The van der Waals surface area contributed by atoms with Crippen LogP contribution in [-0.4, -0.2) is 18.2 Å². The molecule has 3 heteroatoms. The second-order valence-corrected chi connectivity index (χ2v) is 5.60. The summed E-state index contributed by atoms with van der Waals surface area (Å²) < 4.78 is 14.0. The molecule has 3 rings (SSSR count). The minimum atomic E-state index is -0.799. The van der Waals surface area contributed by atoms with Crippen LogP contribution < -0.4 is 4.90 Å². The van der Waals surface area contributed by atoms with Gasteiger partial charge in [0.1, 0.15) is 5.82 Å². The molecule has 1 aliphatic heterocycles. The van der Waals surface area contributed by atoms with Gasteiger partial charge in [-0.15, -0.1) is 0 Å². The normalized spacial score (nSPS) is 16.2. The van der Waals surface area contributed by atoms with Crippen molar-refractivity contribution in [2.75, 3.05) is 18.0 Å². The topological polar surface area (TPSA) is 23.5 Å². The van der Waals surface area contributed by atoms with Crippen molar-refractivity contribution in [1.82, 2.24) is 0 Å². The molecule has 110 valence electrons. The molecule has 0 aromatic heterocycles. The lowest BCUT2D eigenvalue weighted by Gasteiger charge is -2.26. The molecule has 1 N–H and O–H groups in total. The average molecular weight is 285 g/mol. The highest BCUT2D eigenvalue weighted by Crippen LogP contribution is 2.30. The molecule has 0 bridgehead atoms. The third-order valence-corrected chi connectivity index (χ3v) is 4.21. The summed E-state index contributed by atoms with van der Waals surface area (Å²) in [4.78, 5) is 2.19. The Morgan fingerprint density at radius 3 is 2.19 bits per heavy atom. The molecule has 2 nitrogen and oxygen atoms in total. The molecule has 0 saturated carbocycles. The molecule has 1 unspecified atom stereocenters. The Bertz CT molecular complexity index is 612. The van der Waals surface area contributed by atoms with Crippen molar-refractivity contribution in [2.24, 2.45) is 0 Å². The Hall–Kier alpha value is -1.87. The largest absolute Gasteiger partial charge is 0.389 e. The maximum atomic E-state index is 14.0. The van der Waals surface area contributed by atoms with Crippen LogP contribution in [0.4, 0.5) is 10.1 Å². The molecule has 1 heterocycles. The monoisotopic (exact) mass is 285 g/mol. The maximum Gasteiger partial charge on any atom is 0.131 e. The van der Waals surface area contributed by atoms with Crippen molar-refractivity contribution in [3.63, 3.8) is 0 Å². The van der Waals surface area contributed by atoms with Crippen molar-refractivity contribution >= 4 is 5.69 Å². The quantitative estimate of drug-likeness (QED) is 0.913. The fourth-order valence-electron chi connectivity index (χ4n) is 3.12. The smallest absolute Gasteiger partial charge is 0.131 e. The Morgan fingerprint density at radius 1 is 1.00 bits per heavy atom. The van der Waals surface area contributed by atoms with Crippen LogP contribution in [0.25, 0.3) is 0 Å². The zero-order chi connectivity index (χ0) is 14.8. The predicted octanol–water partition coefficient (Wildman–Crippen LogP) is 3.48. The van der Waals surface area contributed by atoms with Gasteiger partial charge in [-0.1, -0.05) is 30.3 Å². The van der Waals surface area contributed by atoms with Crippen LogP contribution in [0.2, 0.25) is 0 Å². The Labute approximate surface area is 124 Å². The van der Waals surface area contributed by atoms with Crippen LogP contribution in [-0.2, 0) is 12.8 Å². The fraction of sp³-hybridized carbons (Fsp3) is 0.333. The molecule has 0 radical (unpaired) electrons. The van der Waals surface area contributed by atoms with E-state index in [1.54, 1.807) is 13.0 Å². The lowest BCUT2D eigenvalue weighted by molar-refractivity contribution is 0.194. The predicted molar refractivity (Wildman–Crippen MR) is 83.1 cm³/mol. The number of anilines is 1. The van der Waals surface area contributed by atoms with Crippen molar-refractivity contribution in [3.05, 3.63) is 65.0 Å². The van der Waals surface area contributed by atoms with E-state index in [4.69, 9.17) is 0 Å². The lowest BCUT2D eigenvalue weighted by atomic mass is 10.0. The zero-order valence-electron chi connectivity index (χ0n) is 12.2. The summed E-state index contributed by atoms with van der Waals surface area (Å²) in [5.41, 5.74) is 3.96. The van der Waals surface area contributed by atoms with Gasteiger partial charge < -0.3 is 10.0 Å². The standard InChI is InChI=1S/C18H20FNO/c1-13(21)18-16(19)7-4-8-17(18)20-11-9-14-5-2-3-6-15(14)10-12-20/h2-8,13,21H,9-12H2,1H3. The number of hydrogen-bond acceptors (Lipinski definition) is 2. The molecule has 2 aromatic carbocycles. The minimum Gasteiger partial charge on any atom is -0.389 e. The highest BCUT2D eigenvalue weighted by Gasteiger charge is 2.20. The van der Waals surface area contributed by atoms with E-state index in [0.29, 0.717) is 5.56 Å². The number of aliphatic hydroxyl groups is 1. The average Bonchev–Trinajstić information content (AvgIpc) is 2.69. The third-order valence-electron chi connectivity index (χ3n) is 4.21. The number of benzene rings is 2. The second-order valence-electron chi connectivity index (χ2n) is 5.60. The summed E-state index contributed by atoms with van der Waals surface area (Å²) in [5.74, 6) is -0.329. The van der Waals surface area contributed by atoms with E-state index >= 15 is 0 Å². The van der Waals surface area contributed by atoms with E-state index in [-0.39, 0.29) is 5.82 Å². The molecular formula is C18H20FNO. The van der Waals surface area contributed by atoms with Crippen LogP contribution in [0.1, 0.15) is 29.7 Å². The van der Waals surface area contributed by atoms with Crippen molar-refractivity contribution in [1.29, 1.82) is 0 Å². The first-order chi connectivity index (χ1) is 10.2. The maximum absolute atomic E-state index is 14.0. The van der Waals surface area contributed by atoms with Crippen LogP contribution in [0.5, 0.6) is 0 Å². The summed E-state index contributed by atoms with van der Waals surface area (Å²) in [5, 5.41) is 9.89.